The largest absolute Gasteiger partial charge is 0.369 e. The van der Waals surface area contributed by atoms with Crippen molar-refractivity contribution in [3.05, 3.63) is 23.8 Å². The van der Waals surface area contributed by atoms with Gasteiger partial charge in [0.1, 0.15) is 0 Å². The molecule has 0 saturated carbocycles. The minimum atomic E-state index is -0.0413. The Morgan fingerprint density at radius 2 is 2.23 bits per heavy atom. The number of aromatic amines is 1. The second-order valence-corrected chi connectivity index (χ2v) is 5.43. The first kappa shape index (κ1) is 16.3. The summed E-state index contributed by atoms with van der Waals surface area (Å²) < 4.78 is 0. The number of nitrogen functional groups attached to an aromatic ring is 1. The molecule has 1 fully saturated rings. The van der Waals surface area contributed by atoms with Crippen molar-refractivity contribution < 1.29 is 4.79 Å². The van der Waals surface area contributed by atoms with Crippen molar-refractivity contribution >= 4 is 22.9 Å². The number of nitrogens with zero attached hydrogens (tertiary/aromatic N) is 2. The molecule has 22 heavy (non-hydrogen) atoms. The van der Waals surface area contributed by atoms with Crippen molar-refractivity contribution in [2.75, 3.05) is 25.9 Å². The first-order chi connectivity index (χ1) is 10.6. The van der Waals surface area contributed by atoms with E-state index in [1.807, 2.05) is 19.9 Å². The van der Waals surface area contributed by atoms with Crippen LogP contribution in [0, 0.1) is 0 Å². The fourth-order valence-corrected chi connectivity index (χ4v) is 2.72. The molecule has 1 aromatic carbocycles. The van der Waals surface area contributed by atoms with Crippen LogP contribution in [-0.2, 0) is 0 Å². The van der Waals surface area contributed by atoms with Crippen molar-refractivity contribution in [2.45, 2.75) is 32.7 Å². The lowest BCUT2D eigenvalue weighted by Gasteiger charge is -2.30. The van der Waals surface area contributed by atoms with E-state index in [9.17, 15) is 4.79 Å². The lowest BCUT2D eigenvalue weighted by molar-refractivity contribution is 0.0912. The molecule has 1 aliphatic rings. The minimum Gasteiger partial charge on any atom is -0.369 e. The Kier molecular flexibility index (Phi) is 5.38. The van der Waals surface area contributed by atoms with Crippen LogP contribution in [0.5, 0.6) is 0 Å². The van der Waals surface area contributed by atoms with Gasteiger partial charge >= 0.3 is 0 Å². The van der Waals surface area contributed by atoms with E-state index < -0.39 is 0 Å². The monoisotopic (exact) mass is 303 g/mol. The molecule has 0 radical (unpaired) electrons. The third-order valence-electron chi connectivity index (χ3n) is 3.72. The molecule has 6 nitrogen and oxygen atoms in total. The van der Waals surface area contributed by atoms with Gasteiger partial charge in [-0.2, -0.15) is 0 Å². The molecule has 0 spiro atoms. The summed E-state index contributed by atoms with van der Waals surface area (Å²) in [6.45, 7) is 6.01. The number of nitrogens with two attached hydrogens (primary N) is 1. The predicted octanol–water partition coefficient (Wildman–Crippen LogP) is 2.00. The van der Waals surface area contributed by atoms with Crippen LogP contribution in [0.4, 0.5) is 5.95 Å². The Balaban J connectivity index is 0.000000847. The third-order valence-corrected chi connectivity index (χ3v) is 3.72. The number of imidazole rings is 1. The quantitative estimate of drug-likeness (QED) is 0.792. The van der Waals surface area contributed by atoms with Gasteiger partial charge in [0.25, 0.3) is 5.91 Å². The Morgan fingerprint density at radius 3 is 2.95 bits per heavy atom. The number of anilines is 1. The number of nitrogens with one attached hydrogen (secondary N) is 2. The van der Waals surface area contributed by atoms with Gasteiger partial charge in [0, 0.05) is 18.2 Å². The molecule has 2 aromatic rings. The second kappa shape index (κ2) is 7.26. The lowest BCUT2D eigenvalue weighted by Crippen LogP contribution is -2.46. The number of likely N-dealkylation sites (N-methyl/N-ethyl adjacent to an activating group) is 1. The van der Waals surface area contributed by atoms with Gasteiger partial charge in [-0.3, -0.25) is 4.79 Å². The molecular formula is C16H25N5O. The SMILES string of the molecule is CC.CN1CCC[C@@H](NC(=O)c2ccc3nc(N)[nH]c3c2)C1. The zero-order valence-corrected chi connectivity index (χ0v) is 13.5. The van der Waals surface area contributed by atoms with E-state index in [-0.39, 0.29) is 11.9 Å². The number of amides is 1. The normalized spacial score (nSPS) is 18.6. The third kappa shape index (κ3) is 3.76. The molecule has 0 bridgehead atoms. The Morgan fingerprint density at radius 1 is 1.45 bits per heavy atom. The molecule has 6 heteroatoms. The first-order valence-electron chi connectivity index (χ1n) is 7.86. The number of piperidine rings is 1. The average molecular weight is 303 g/mol. The van der Waals surface area contributed by atoms with E-state index in [4.69, 9.17) is 5.73 Å². The van der Waals surface area contributed by atoms with Crippen molar-refractivity contribution in [3.8, 4) is 0 Å². The number of likely N-dealkylation sites (tertiary alicyclic amines) is 1. The molecule has 0 unspecified atom stereocenters. The van der Waals surface area contributed by atoms with E-state index in [1.165, 1.54) is 0 Å². The molecule has 1 aromatic heterocycles. The summed E-state index contributed by atoms with van der Waals surface area (Å²) in [4.78, 5) is 21.6. The molecule has 4 N–H and O–H groups in total. The number of hydrogen-bond donors (Lipinski definition) is 3. The highest BCUT2D eigenvalue weighted by atomic mass is 16.1. The molecule has 1 amide bonds. The van der Waals surface area contributed by atoms with E-state index in [0.29, 0.717) is 11.5 Å². The van der Waals surface area contributed by atoms with Gasteiger partial charge in [-0.1, -0.05) is 13.8 Å². The van der Waals surface area contributed by atoms with Crippen LogP contribution in [0.2, 0.25) is 0 Å². The molecule has 120 valence electrons. The fourth-order valence-electron chi connectivity index (χ4n) is 2.72. The molecule has 2 heterocycles. The second-order valence-electron chi connectivity index (χ2n) is 5.43. The Bertz CT molecular complexity index is 636. The molecule has 1 aliphatic heterocycles. The fraction of sp³-hybridized carbons (Fsp3) is 0.500. The summed E-state index contributed by atoms with van der Waals surface area (Å²) in [5.41, 5.74) is 7.80. The maximum Gasteiger partial charge on any atom is 0.251 e. The van der Waals surface area contributed by atoms with Crippen molar-refractivity contribution in [1.82, 2.24) is 20.2 Å². The van der Waals surface area contributed by atoms with Gasteiger partial charge in [-0.25, -0.2) is 4.98 Å². The van der Waals surface area contributed by atoms with Gasteiger partial charge in [-0.05, 0) is 44.6 Å². The predicted molar refractivity (Wildman–Crippen MR) is 89.8 cm³/mol. The van der Waals surface area contributed by atoms with Crippen molar-refractivity contribution in [1.29, 1.82) is 0 Å². The van der Waals surface area contributed by atoms with E-state index in [1.54, 1.807) is 12.1 Å². The minimum absolute atomic E-state index is 0.0413. The highest BCUT2D eigenvalue weighted by Crippen LogP contribution is 2.15. The molecular weight excluding hydrogens is 278 g/mol. The molecule has 1 atom stereocenters. The van der Waals surface area contributed by atoms with Crippen LogP contribution >= 0.6 is 0 Å². The Hall–Kier alpha value is -2.08. The number of hydrogen-bond acceptors (Lipinski definition) is 4. The molecule has 0 aliphatic carbocycles. The van der Waals surface area contributed by atoms with Crippen LogP contribution in [-0.4, -0.2) is 47.0 Å². The lowest BCUT2D eigenvalue weighted by atomic mass is 10.1. The average Bonchev–Trinajstić information content (AvgIpc) is 2.88. The van der Waals surface area contributed by atoms with Crippen molar-refractivity contribution in [3.63, 3.8) is 0 Å². The smallest absolute Gasteiger partial charge is 0.251 e. The standard InChI is InChI=1S/C14H19N5O.C2H6/c1-19-6-2-3-10(8-19)16-13(20)9-4-5-11-12(7-9)18-14(15)17-11;1-2/h4-5,7,10H,2-3,6,8H2,1H3,(H,16,20)(H3,15,17,18);1-2H3/t10-;/m1./s1. The van der Waals surface area contributed by atoms with Gasteiger partial charge in [0.15, 0.2) is 5.95 Å². The highest BCUT2D eigenvalue weighted by molar-refractivity contribution is 5.97. The highest BCUT2D eigenvalue weighted by Gasteiger charge is 2.19. The number of H-pyrrole nitrogens is 1. The van der Waals surface area contributed by atoms with Gasteiger partial charge in [0.05, 0.1) is 11.0 Å². The summed E-state index contributed by atoms with van der Waals surface area (Å²) in [7, 11) is 2.08. The maximum atomic E-state index is 12.3. The van der Waals surface area contributed by atoms with Crippen LogP contribution in [0.15, 0.2) is 18.2 Å². The van der Waals surface area contributed by atoms with Crippen LogP contribution in [0.3, 0.4) is 0 Å². The topological polar surface area (TPSA) is 87.0 Å². The number of rotatable bonds is 2. The van der Waals surface area contributed by atoms with Crippen LogP contribution < -0.4 is 11.1 Å². The number of carbonyl (C=O) groups is 1. The summed E-state index contributed by atoms with van der Waals surface area (Å²) in [6.07, 6.45) is 2.16. The first-order valence-corrected chi connectivity index (χ1v) is 7.86. The molecule has 3 rings (SSSR count). The van der Waals surface area contributed by atoms with E-state index in [0.717, 1.165) is 37.0 Å². The van der Waals surface area contributed by atoms with Gasteiger partial charge < -0.3 is 20.9 Å². The summed E-state index contributed by atoms with van der Waals surface area (Å²) in [6, 6.07) is 5.61. The summed E-state index contributed by atoms with van der Waals surface area (Å²) >= 11 is 0. The van der Waals surface area contributed by atoms with E-state index >= 15 is 0 Å². The van der Waals surface area contributed by atoms with Gasteiger partial charge in [-0.15, -0.1) is 0 Å². The summed E-state index contributed by atoms with van der Waals surface area (Å²) in [5.74, 6) is 0.326. The zero-order chi connectivity index (χ0) is 16.1. The van der Waals surface area contributed by atoms with Gasteiger partial charge in [0.2, 0.25) is 0 Å². The zero-order valence-electron chi connectivity index (χ0n) is 13.5. The van der Waals surface area contributed by atoms with E-state index in [2.05, 4.69) is 27.2 Å². The van der Waals surface area contributed by atoms with Crippen LogP contribution in [0.25, 0.3) is 11.0 Å². The number of carbonyl (C=O) groups excluding carboxylic acids is 1. The molecule has 1 saturated heterocycles. The van der Waals surface area contributed by atoms with Crippen LogP contribution in [0.1, 0.15) is 37.0 Å². The number of aromatic nitrogens is 2. The maximum absolute atomic E-state index is 12.3. The number of fused-ring (bicyclic) bond motifs is 1. The van der Waals surface area contributed by atoms with Crippen molar-refractivity contribution in [2.24, 2.45) is 0 Å². The number of benzene rings is 1. The Labute approximate surface area is 131 Å². The summed E-state index contributed by atoms with van der Waals surface area (Å²) in [5, 5.41) is 3.09.